The third-order valence-electron chi connectivity index (χ3n) is 3.47. The summed E-state index contributed by atoms with van der Waals surface area (Å²) in [5.41, 5.74) is 0.968. The van der Waals surface area contributed by atoms with Gasteiger partial charge in [0, 0.05) is 10.6 Å². The van der Waals surface area contributed by atoms with Crippen LogP contribution in [-0.2, 0) is 16.1 Å². The fourth-order valence-corrected chi connectivity index (χ4v) is 3.12. The molecule has 0 aromatic heterocycles. The molecule has 1 unspecified atom stereocenters. The average Bonchev–Trinajstić information content (AvgIpc) is 3.33. The van der Waals surface area contributed by atoms with Crippen LogP contribution in [-0.4, -0.2) is 24.2 Å². The van der Waals surface area contributed by atoms with Gasteiger partial charge in [-0.15, -0.1) is 11.8 Å². The average molecular weight is 329 g/mol. The number of alkyl carbamates (subject to hydrolysis) is 1. The first kappa shape index (κ1) is 15.9. The highest BCUT2D eigenvalue weighted by molar-refractivity contribution is 7.99. The lowest BCUT2D eigenvalue weighted by Gasteiger charge is -2.05. The molecule has 2 aromatic carbocycles. The Bertz CT molecular complexity index is 621. The molecule has 3 rings (SSSR count). The van der Waals surface area contributed by atoms with Crippen molar-refractivity contribution < 1.29 is 14.3 Å². The van der Waals surface area contributed by atoms with E-state index < -0.39 is 6.09 Å². The van der Waals surface area contributed by atoms with E-state index in [1.807, 2.05) is 48.5 Å². The van der Waals surface area contributed by atoms with Gasteiger partial charge in [-0.3, -0.25) is 5.32 Å². The number of nitrogens with one attached hydrogen (secondary N) is 1. The molecule has 1 aliphatic rings. The van der Waals surface area contributed by atoms with Gasteiger partial charge in [0.2, 0.25) is 0 Å². The molecule has 1 heterocycles. The van der Waals surface area contributed by atoms with Gasteiger partial charge in [0.25, 0.3) is 0 Å². The Hall–Kier alpha value is -1.98. The molecule has 120 valence electrons. The third kappa shape index (κ3) is 5.30. The number of amides is 1. The van der Waals surface area contributed by atoms with Crippen LogP contribution in [0.1, 0.15) is 12.0 Å². The summed E-state index contributed by atoms with van der Waals surface area (Å²) in [6.45, 7) is 0.272. The summed E-state index contributed by atoms with van der Waals surface area (Å²) >= 11 is 1.79. The van der Waals surface area contributed by atoms with Gasteiger partial charge in [0.15, 0.2) is 6.23 Å². The van der Waals surface area contributed by atoms with E-state index in [9.17, 15) is 4.79 Å². The molecule has 0 radical (unpaired) electrons. The predicted molar refractivity (Wildman–Crippen MR) is 90.2 cm³/mol. The normalized spacial score (nSPS) is 19.1. The minimum atomic E-state index is -0.433. The molecule has 4 nitrogen and oxygen atoms in total. The molecular weight excluding hydrogens is 310 g/mol. The number of benzene rings is 2. The van der Waals surface area contributed by atoms with Crippen LogP contribution in [0.15, 0.2) is 65.6 Å². The van der Waals surface area contributed by atoms with Crippen molar-refractivity contribution in [2.24, 2.45) is 0 Å². The Labute approximate surface area is 140 Å². The molecule has 0 aliphatic carbocycles. The van der Waals surface area contributed by atoms with Gasteiger partial charge >= 0.3 is 6.09 Å². The number of hydrogen-bond donors (Lipinski definition) is 1. The maximum Gasteiger partial charge on any atom is 0.409 e. The topological polar surface area (TPSA) is 50.9 Å². The Kier molecular flexibility index (Phi) is 5.56. The van der Waals surface area contributed by atoms with Crippen molar-refractivity contribution >= 4 is 17.9 Å². The molecule has 0 saturated carbocycles. The molecule has 1 saturated heterocycles. The maximum atomic E-state index is 11.7. The first-order valence-corrected chi connectivity index (χ1v) is 8.60. The smallest absolute Gasteiger partial charge is 0.409 e. The first-order chi connectivity index (χ1) is 11.3. The Morgan fingerprint density at radius 1 is 1.09 bits per heavy atom. The molecule has 0 bridgehead atoms. The number of thioether (sulfide) groups is 1. The molecule has 1 aliphatic heterocycles. The van der Waals surface area contributed by atoms with Gasteiger partial charge in [-0.05, 0) is 24.1 Å². The van der Waals surface area contributed by atoms with E-state index in [0.29, 0.717) is 0 Å². The van der Waals surface area contributed by atoms with Gasteiger partial charge in [0.05, 0.1) is 0 Å². The van der Waals surface area contributed by atoms with Crippen molar-refractivity contribution in [3.05, 3.63) is 66.2 Å². The molecular formula is C18H19NO3S. The van der Waals surface area contributed by atoms with Gasteiger partial charge in [-0.2, -0.15) is 0 Å². The minimum Gasteiger partial charge on any atom is -0.445 e. The number of carbonyl (C=O) groups excluding carboxylic acids is 1. The summed E-state index contributed by atoms with van der Waals surface area (Å²) in [6, 6.07) is 19.9. The van der Waals surface area contributed by atoms with Crippen LogP contribution in [0.3, 0.4) is 0 Å². The lowest BCUT2D eigenvalue weighted by Crippen LogP contribution is -2.28. The van der Waals surface area contributed by atoms with Crippen molar-refractivity contribution in [3.63, 3.8) is 0 Å². The van der Waals surface area contributed by atoms with Crippen LogP contribution >= 0.6 is 11.8 Å². The van der Waals surface area contributed by atoms with Crippen molar-refractivity contribution in [1.29, 1.82) is 0 Å². The van der Waals surface area contributed by atoms with E-state index in [2.05, 4.69) is 17.4 Å². The van der Waals surface area contributed by atoms with E-state index in [1.165, 1.54) is 4.90 Å². The number of ether oxygens (including phenoxy) is 2. The monoisotopic (exact) mass is 329 g/mol. The zero-order valence-electron chi connectivity index (χ0n) is 12.7. The van der Waals surface area contributed by atoms with Crippen LogP contribution in [0.2, 0.25) is 0 Å². The highest BCUT2D eigenvalue weighted by Gasteiger charge is 2.39. The first-order valence-electron chi connectivity index (χ1n) is 7.62. The molecule has 1 fully saturated rings. The predicted octanol–water partition coefficient (Wildman–Crippen LogP) is 3.82. The second-order valence-corrected chi connectivity index (χ2v) is 6.42. The van der Waals surface area contributed by atoms with E-state index in [4.69, 9.17) is 9.47 Å². The van der Waals surface area contributed by atoms with Crippen molar-refractivity contribution in [3.8, 4) is 0 Å². The number of rotatable bonds is 7. The quantitative estimate of drug-likeness (QED) is 0.620. The van der Waals surface area contributed by atoms with E-state index in [-0.39, 0.29) is 18.9 Å². The van der Waals surface area contributed by atoms with Crippen LogP contribution in [0, 0.1) is 0 Å². The van der Waals surface area contributed by atoms with Crippen LogP contribution in [0.25, 0.3) is 0 Å². The highest BCUT2D eigenvalue weighted by atomic mass is 32.2. The standard InChI is InChI=1S/C18H19NO3S/c20-18(21-13-14-7-3-1-4-8-14)19-17-16(22-17)11-12-23-15-9-5-2-6-10-15/h1-10,16-17H,11-13H2,(H,19,20)/t16-,17?/m0/s1. The van der Waals surface area contributed by atoms with Crippen molar-refractivity contribution in [2.75, 3.05) is 5.75 Å². The lowest BCUT2D eigenvalue weighted by molar-refractivity contribution is 0.135. The Morgan fingerprint density at radius 3 is 2.52 bits per heavy atom. The van der Waals surface area contributed by atoms with Crippen LogP contribution < -0.4 is 5.32 Å². The summed E-state index contributed by atoms with van der Waals surface area (Å²) in [5.74, 6) is 0.964. The fourth-order valence-electron chi connectivity index (χ4n) is 2.18. The van der Waals surface area contributed by atoms with Crippen LogP contribution in [0.5, 0.6) is 0 Å². The highest BCUT2D eigenvalue weighted by Crippen LogP contribution is 2.27. The number of hydrogen-bond acceptors (Lipinski definition) is 4. The molecule has 2 atom stereocenters. The zero-order chi connectivity index (χ0) is 15.9. The molecule has 2 aromatic rings. The Balaban J connectivity index is 1.29. The van der Waals surface area contributed by atoms with Crippen molar-refractivity contribution in [2.45, 2.75) is 30.3 Å². The molecule has 1 amide bonds. The molecule has 5 heteroatoms. The number of epoxide rings is 1. The van der Waals surface area contributed by atoms with Crippen molar-refractivity contribution in [1.82, 2.24) is 5.32 Å². The maximum absolute atomic E-state index is 11.7. The van der Waals surface area contributed by atoms with Gasteiger partial charge in [0.1, 0.15) is 12.7 Å². The summed E-state index contributed by atoms with van der Waals surface area (Å²) in [6.07, 6.45) is 0.352. The summed E-state index contributed by atoms with van der Waals surface area (Å²) in [4.78, 5) is 12.9. The molecule has 0 spiro atoms. The number of carbonyl (C=O) groups is 1. The largest absolute Gasteiger partial charge is 0.445 e. The second-order valence-electron chi connectivity index (χ2n) is 5.25. The minimum absolute atomic E-state index is 0.0930. The van der Waals surface area contributed by atoms with E-state index >= 15 is 0 Å². The lowest BCUT2D eigenvalue weighted by atomic mass is 10.2. The summed E-state index contributed by atoms with van der Waals surface area (Å²) < 4.78 is 10.6. The SMILES string of the molecule is O=C(NC1O[C@H]1CCSc1ccccc1)OCc1ccccc1. The third-order valence-corrected chi connectivity index (χ3v) is 4.51. The zero-order valence-corrected chi connectivity index (χ0v) is 13.5. The second kappa shape index (κ2) is 8.04. The Morgan fingerprint density at radius 2 is 1.78 bits per heavy atom. The van der Waals surface area contributed by atoms with Gasteiger partial charge in [-0.25, -0.2) is 4.79 Å². The van der Waals surface area contributed by atoms with Gasteiger partial charge < -0.3 is 9.47 Å². The summed E-state index contributed by atoms with van der Waals surface area (Å²) in [5, 5.41) is 2.73. The molecule has 1 N–H and O–H groups in total. The fraction of sp³-hybridized carbons (Fsp3) is 0.278. The summed E-state index contributed by atoms with van der Waals surface area (Å²) in [7, 11) is 0. The van der Waals surface area contributed by atoms with E-state index in [0.717, 1.165) is 17.7 Å². The van der Waals surface area contributed by atoms with Crippen LogP contribution in [0.4, 0.5) is 4.79 Å². The van der Waals surface area contributed by atoms with E-state index in [1.54, 1.807) is 11.8 Å². The van der Waals surface area contributed by atoms with Gasteiger partial charge in [-0.1, -0.05) is 48.5 Å². The molecule has 23 heavy (non-hydrogen) atoms.